The van der Waals surface area contributed by atoms with Crippen molar-refractivity contribution < 1.29 is 9.18 Å². The highest BCUT2D eigenvalue weighted by Crippen LogP contribution is 2.39. The Morgan fingerprint density at radius 3 is 2.53 bits per heavy atom. The van der Waals surface area contributed by atoms with Crippen molar-refractivity contribution in [3.8, 4) is 0 Å². The van der Waals surface area contributed by atoms with E-state index in [1.165, 1.54) is 24.4 Å². The van der Waals surface area contributed by atoms with E-state index >= 15 is 0 Å². The lowest BCUT2D eigenvalue weighted by Crippen LogP contribution is -2.46. The third-order valence-corrected chi connectivity index (χ3v) is 5.33. The molecule has 0 aliphatic carbocycles. The first-order chi connectivity index (χ1) is 14.3. The van der Waals surface area contributed by atoms with Gasteiger partial charge in [-0.2, -0.15) is 0 Å². The molecule has 1 aliphatic rings. The molecule has 1 aliphatic heterocycles. The molecule has 1 N–H and O–H groups in total. The number of hydrogen-bond acceptors (Lipinski definition) is 4. The van der Waals surface area contributed by atoms with Crippen LogP contribution in [0.15, 0.2) is 47.4 Å². The van der Waals surface area contributed by atoms with Gasteiger partial charge in [-0.05, 0) is 48.7 Å². The summed E-state index contributed by atoms with van der Waals surface area (Å²) in [6.07, 6.45) is 1.49. The Balaban J connectivity index is 1.92. The normalized spacial score (nSPS) is 13.7. The minimum atomic E-state index is -0.326. The highest BCUT2D eigenvalue weighted by Gasteiger charge is 2.34. The van der Waals surface area contributed by atoms with Crippen molar-refractivity contribution in [1.29, 1.82) is 0 Å². The fourth-order valence-corrected chi connectivity index (χ4v) is 3.85. The standard InChI is InChI=1S/C22H20ClFN4O2/c1-12(2)16-9-15(24)4-5-19(16)27-11-28(18-6-7-20(29)26-13(18)3)22(30)17-8-14(23)10-25-21(17)27/h4-10,12H,11H2,1-3H3,(H,26,29). The van der Waals surface area contributed by atoms with Crippen molar-refractivity contribution in [2.75, 3.05) is 16.5 Å². The van der Waals surface area contributed by atoms with Crippen LogP contribution in [0.25, 0.3) is 0 Å². The lowest BCUT2D eigenvalue weighted by molar-refractivity contribution is 0.0982. The summed E-state index contributed by atoms with van der Waals surface area (Å²) in [5.74, 6) is -0.101. The molecular weight excluding hydrogens is 407 g/mol. The van der Waals surface area contributed by atoms with Crippen molar-refractivity contribution in [1.82, 2.24) is 9.97 Å². The first-order valence-electron chi connectivity index (χ1n) is 9.50. The Kier molecular flexibility index (Phi) is 5.07. The molecule has 0 saturated heterocycles. The van der Waals surface area contributed by atoms with Crippen LogP contribution in [-0.2, 0) is 0 Å². The molecule has 1 amide bonds. The van der Waals surface area contributed by atoms with Gasteiger partial charge in [0.2, 0.25) is 5.56 Å². The van der Waals surface area contributed by atoms with E-state index in [1.807, 2.05) is 18.7 Å². The van der Waals surface area contributed by atoms with E-state index in [9.17, 15) is 14.0 Å². The molecule has 154 valence electrons. The number of aromatic nitrogens is 2. The maximum absolute atomic E-state index is 14.0. The third-order valence-electron chi connectivity index (χ3n) is 5.13. The Morgan fingerprint density at radius 1 is 1.10 bits per heavy atom. The number of halogens is 2. The number of benzene rings is 1. The summed E-state index contributed by atoms with van der Waals surface area (Å²) in [7, 11) is 0. The molecule has 4 rings (SSSR count). The van der Waals surface area contributed by atoms with Crippen molar-refractivity contribution in [3.63, 3.8) is 0 Å². The molecule has 8 heteroatoms. The average Bonchev–Trinajstić information content (AvgIpc) is 2.69. The number of carbonyl (C=O) groups excluding carboxylic acids is 1. The summed E-state index contributed by atoms with van der Waals surface area (Å²) in [5.41, 5.74) is 2.77. The quantitative estimate of drug-likeness (QED) is 0.656. The van der Waals surface area contributed by atoms with Gasteiger partial charge in [0.25, 0.3) is 5.91 Å². The molecule has 0 saturated carbocycles. The molecule has 2 aromatic heterocycles. The van der Waals surface area contributed by atoms with Crippen molar-refractivity contribution in [3.05, 3.63) is 80.6 Å². The first-order valence-corrected chi connectivity index (χ1v) is 9.88. The number of rotatable bonds is 3. The fourth-order valence-electron chi connectivity index (χ4n) is 3.69. The van der Waals surface area contributed by atoms with Gasteiger partial charge in [0.05, 0.1) is 16.3 Å². The molecular formula is C22H20ClFN4O2. The largest absolute Gasteiger partial charge is 0.324 e. The highest BCUT2D eigenvalue weighted by atomic mass is 35.5. The third kappa shape index (κ3) is 3.45. The average molecular weight is 427 g/mol. The Bertz CT molecular complexity index is 1210. The number of pyridine rings is 2. The summed E-state index contributed by atoms with van der Waals surface area (Å²) in [6.45, 7) is 5.84. The van der Waals surface area contributed by atoms with E-state index in [2.05, 4.69) is 9.97 Å². The van der Waals surface area contributed by atoms with Gasteiger partial charge in [0.1, 0.15) is 18.3 Å². The molecule has 1 aromatic carbocycles. The van der Waals surface area contributed by atoms with Crippen LogP contribution in [0.4, 0.5) is 21.6 Å². The molecule has 0 radical (unpaired) electrons. The van der Waals surface area contributed by atoms with Crippen LogP contribution in [0.2, 0.25) is 5.02 Å². The van der Waals surface area contributed by atoms with E-state index in [4.69, 9.17) is 11.6 Å². The minimum Gasteiger partial charge on any atom is -0.324 e. The smallest absolute Gasteiger partial charge is 0.263 e. The van der Waals surface area contributed by atoms with Crippen LogP contribution in [0, 0.1) is 12.7 Å². The second kappa shape index (κ2) is 7.57. The molecule has 6 nitrogen and oxygen atoms in total. The number of aryl methyl sites for hydroxylation is 1. The van der Waals surface area contributed by atoms with Crippen molar-refractivity contribution >= 4 is 34.7 Å². The van der Waals surface area contributed by atoms with Gasteiger partial charge >= 0.3 is 0 Å². The maximum Gasteiger partial charge on any atom is 0.263 e. The second-order valence-electron chi connectivity index (χ2n) is 7.52. The van der Waals surface area contributed by atoms with E-state index in [1.54, 1.807) is 30.0 Å². The molecule has 3 aromatic rings. The van der Waals surface area contributed by atoms with Gasteiger partial charge in [0, 0.05) is 23.6 Å². The second-order valence-corrected chi connectivity index (χ2v) is 7.95. The lowest BCUT2D eigenvalue weighted by Gasteiger charge is -2.38. The predicted octanol–water partition coefficient (Wildman–Crippen LogP) is 4.75. The Morgan fingerprint density at radius 2 is 1.83 bits per heavy atom. The molecule has 0 bridgehead atoms. The summed E-state index contributed by atoms with van der Waals surface area (Å²) >= 11 is 6.14. The number of fused-ring (bicyclic) bond motifs is 1. The van der Waals surface area contributed by atoms with Crippen LogP contribution in [-0.4, -0.2) is 22.5 Å². The summed E-state index contributed by atoms with van der Waals surface area (Å²) in [4.78, 5) is 35.5. The number of H-pyrrole nitrogens is 1. The van der Waals surface area contributed by atoms with Crippen LogP contribution < -0.4 is 15.4 Å². The van der Waals surface area contributed by atoms with Gasteiger partial charge < -0.3 is 9.88 Å². The Hall–Kier alpha value is -3.19. The number of nitrogens with zero attached hydrogens (tertiary/aromatic N) is 3. The zero-order valence-electron chi connectivity index (χ0n) is 16.7. The molecule has 0 unspecified atom stereocenters. The lowest BCUT2D eigenvalue weighted by atomic mass is 9.99. The van der Waals surface area contributed by atoms with Crippen LogP contribution in [0.1, 0.15) is 41.4 Å². The van der Waals surface area contributed by atoms with Gasteiger partial charge in [0.15, 0.2) is 0 Å². The minimum absolute atomic E-state index is 0.0485. The Labute approximate surface area is 177 Å². The molecule has 0 fully saturated rings. The zero-order chi connectivity index (χ0) is 21.6. The topological polar surface area (TPSA) is 69.3 Å². The number of anilines is 3. The van der Waals surface area contributed by atoms with Gasteiger partial charge in [-0.1, -0.05) is 25.4 Å². The van der Waals surface area contributed by atoms with Gasteiger partial charge in [-0.3, -0.25) is 14.5 Å². The molecule has 3 heterocycles. The monoisotopic (exact) mass is 426 g/mol. The number of nitrogens with one attached hydrogen (secondary N) is 1. The predicted molar refractivity (Wildman–Crippen MR) is 115 cm³/mol. The van der Waals surface area contributed by atoms with E-state index in [0.29, 0.717) is 27.8 Å². The number of aromatic amines is 1. The van der Waals surface area contributed by atoms with Gasteiger partial charge in [-0.25, -0.2) is 9.37 Å². The van der Waals surface area contributed by atoms with E-state index in [0.717, 1.165) is 11.3 Å². The summed E-state index contributed by atoms with van der Waals surface area (Å²) in [5, 5.41) is 0.338. The first kappa shape index (κ1) is 20.1. The van der Waals surface area contributed by atoms with Crippen molar-refractivity contribution in [2.45, 2.75) is 26.7 Å². The van der Waals surface area contributed by atoms with Crippen LogP contribution >= 0.6 is 11.6 Å². The molecule has 30 heavy (non-hydrogen) atoms. The fraction of sp³-hybridized carbons (Fsp3) is 0.227. The van der Waals surface area contributed by atoms with E-state index < -0.39 is 0 Å². The summed E-state index contributed by atoms with van der Waals surface area (Å²) in [6, 6.07) is 9.15. The zero-order valence-corrected chi connectivity index (χ0v) is 17.5. The van der Waals surface area contributed by atoms with Crippen LogP contribution in [0.3, 0.4) is 0 Å². The van der Waals surface area contributed by atoms with Gasteiger partial charge in [-0.15, -0.1) is 0 Å². The maximum atomic E-state index is 14.0. The SMILES string of the molecule is Cc1[nH]c(=O)ccc1N1CN(c2ccc(F)cc2C(C)C)c2ncc(Cl)cc2C1=O. The summed E-state index contributed by atoms with van der Waals surface area (Å²) < 4.78 is 14.0. The van der Waals surface area contributed by atoms with Crippen LogP contribution in [0.5, 0.6) is 0 Å². The highest BCUT2D eigenvalue weighted by molar-refractivity contribution is 6.31. The number of amides is 1. The molecule has 0 atom stereocenters. The molecule has 0 spiro atoms. The number of hydrogen-bond donors (Lipinski definition) is 1. The van der Waals surface area contributed by atoms with E-state index in [-0.39, 0.29) is 29.9 Å². The number of carbonyl (C=O) groups is 1. The van der Waals surface area contributed by atoms with Crippen molar-refractivity contribution in [2.24, 2.45) is 0 Å².